The summed E-state index contributed by atoms with van der Waals surface area (Å²) in [5.74, 6) is 0.539. The number of anilines is 1. The predicted octanol–water partition coefficient (Wildman–Crippen LogP) is 2.81. The highest BCUT2D eigenvalue weighted by molar-refractivity contribution is 7.09. The minimum Gasteiger partial charge on any atom is -0.444 e. The van der Waals surface area contributed by atoms with E-state index in [-0.39, 0.29) is 0 Å². The van der Waals surface area contributed by atoms with Gasteiger partial charge in [-0.3, -0.25) is 10.4 Å². The van der Waals surface area contributed by atoms with E-state index >= 15 is 0 Å². The Bertz CT molecular complexity index is 629. The number of carbonyl (C=O) groups excluding carboxylic acids is 1. The van der Waals surface area contributed by atoms with E-state index in [9.17, 15) is 4.79 Å². The second kappa shape index (κ2) is 6.89. The number of amides is 1. The molecule has 22 heavy (non-hydrogen) atoms. The standard InChI is InChI=1S/C14H21N5O2S/c1-9-8-22-11(17-9)7-15-5-10-6-16-19-12(10)18-13(20)21-14(2,3)4/h6,8,15H,5,7H2,1-4H3,(H2,16,18,19,20). The summed E-state index contributed by atoms with van der Waals surface area (Å²) >= 11 is 1.62. The Hall–Kier alpha value is -1.93. The van der Waals surface area contributed by atoms with E-state index in [2.05, 4.69) is 25.8 Å². The largest absolute Gasteiger partial charge is 0.444 e. The lowest BCUT2D eigenvalue weighted by Crippen LogP contribution is -2.27. The van der Waals surface area contributed by atoms with Gasteiger partial charge in [-0.2, -0.15) is 5.10 Å². The van der Waals surface area contributed by atoms with Crippen molar-refractivity contribution in [1.82, 2.24) is 20.5 Å². The van der Waals surface area contributed by atoms with E-state index < -0.39 is 11.7 Å². The number of nitrogens with zero attached hydrogens (tertiary/aromatic N) is 2. The molecule has 1 amide bonds. The molecule has 2 heterocycles. The molecule has 0 saturated heterocycles. The van der Waals surface area contributed by atoms with Gasteiger partial charge in [0.1, 0.15) is 16.4 Å². The molecule has 0 atom stereocenters. The number of aromatic amines is 1. The number of hydrogen-bond acceptors (Lipinski definition) is 6. The van der Waals surface area contributed by atoms with E-state index in [4.69, 9.17) is 4.74 Å². The molecule has 0 saturated carbocycles. The van der Waals surface area contributed by atoms with E-state index in [1.165, 1.54) is 0 Å². The molecule has 2 rings (SSSR count). The Balaban J connectivity index is 1.85. The Kier molecular flexibility index (Phi) is 5.15. The molecular formula is C14H21N5O2S. The van der Waals surface area contributed by atoms with Crippen LogP contribution >= 0.6 is 11.3 Å². The molecule has 2 aromatic rings. The zero-order chi connectivity index (χ0) is 16.2. The quantitative estimate of drug-likeness (QED) is 0.787. The number of ether oxygens (including phenoxy) is 1. The molecule has 3 N–H and O–H groups in total. The van der Waals surface area contributed by atoms with Crippen molar-refractivity contribution in [2.75, 3.05) is 5.32 Å². The highest BCUT2D eigenvalue weighted by Crippen LogP contribution is 2.14. The van der Waals surface area contributed by atoms with Crippen LogP contribution in [0.25, 0.3) is 0 Å². The number of carbonyl (C=O) groups is 1. The van der Waals surface area contributed by atoms with E-state index in [0.717, 1.165) is 16.3 Å². The summed E-state index contributed by atoms with van der Waals surface area (Å²) in [7, 11) is 0. The maximum absolute atomic E-state index is 11.8. The zero-order valence-corrected chi connectivity index (χ0v) is 14.0. The van der Waals surface area contributed by atoms with Gasteiger partial charge >= 0.3 is 6.09 Å². The Morgan fingerprint density at radius 1 is 1.41 bits per heavy atom. The number of rotatable bonds is 5. The number of H-pyrrole nitrogens is 1. The Labute approximate surface area is 133 Å². The molecule has 0 bridgehead atoms. The van der Waals surface area contributed by atoms with Gasteiger partial charge in [0.25, 0.3) is 0 Å². The smallest absolute Gasteiger partial charge is 0.413 e. The van der Waals surface area contributed by atoms with Crippen molar-refractivity contribution in [2.45, 2.75) is 46.4 Å². The monoisotopic (exact) mass is 323 g/mol. The van der Waals surface area contributed by atoms with Crippen molar-refractivity contribution >= 4 is 23.2 Å². The van der Waals surface area contributed by atoms with Crippen LogP contribution in [0.5, 0.6) is 0 Å². The molecule has 0 aliphatic carbocycles. The van der Waals surface area contributed by atoms with Crippen LogP contribution in [0.15, 0.2) is 11.6 Å². The molecule has 0 aliphatic rings. The number of aromatic nitrogens is 3. The first kappa shape index (κ1) is 16.4. The number of nitrogens with one attached hydrogen (secondary N) is 3. The maximum Gasteiger partial charge on any atom is 0.413 e. The fourth-order valence-electron chi connectivity index (χ4n) is 1.75. The van der Waals surface area contributed by atoms with Gasteiger partial charge in [-0.25, -0.2) is 9.78 Å². The fraction of sp³-hybridized carbons (Fsp3) is 0.500. The van der Waals surface area contributed by atoms with Crippen LogP contribution in [-0.4, -0.2) is 26.9 Å². The number of thiazole rings is 1. The second-order valence-corrected chi connectivity index (χ2v) is 6.83. The fourth-order valence-corrected chi connectivity index (χ4v) is 2.49. The molecular weight excluding hydrogens is 302 g/mol. The first-order valence-electron chi connectivity index (χ1n) is 6.97. The average molecular weight is 323 g/mol. The van der Waals surface area contributed by atoms with Crippen LogP contribution in [0.4, 0.5) is 10.6 Å². The molecule has 0 spiro atoms. The van der Waals surface area contributed by atoms with Crippen LogP contribution < -0.4 is 10.6 Å². The van der Waals surface area contributed by atoms with Crippen LogP contribution in [0.1, 0.15) is 37.0 Å². The van der Waals surface area contributed by atoms with Gasteiger partial charge in [0.15, 0.2) is 0 Å². The van der Waals surface area contributed by atoms with Crippen LogP contribution in [0.2, 0.25) is 0 Å². The van der Waals surface area contributed by atoms with Crippen molar-refractivity contribution in [3.8, 4) is 0 Å². The number of aryl methyl sites for hydroxylation is 1. The molecule has 0 unspecified atom stereocenters. The highest BCUT2D eigenvalue weighted by Gasteiger charge is 2.17. The molecule has 120 valence electrons. The summed E-state index contributed by atoms with van der Waals surface area (Å²) in [6, 6.07) is 0. The predicted molar refractivity (Wildman–Crippen MR) is 85.8 cm³/mol. The van der Waals surface area contributed by atoms with Gasteiger partial charge in [0.2, 0.25) is 0 Å². The van der Waals surface area contributed by atoms with Crippen LogP contribution in [0, 0.1) is 6.92 Å². The first-order valence-corrected chi connectivity index (χ1v) is 7.85. The minimum atomic E-state index is -0.536. The third kappa shape index (κ3) is 5.12. The van der Waals surface area contributed by atoms with Crippen molar-refractivity contribution in [1.29, 1.82) is 0 Å². The van der Waals surface area contributed by atoms with Crippen molar-refractivity contribution < 1.29 is 9.53 Å². The normalized spacial score (nSPS) is 11.5. The van der Waals surface area contributed by atoms with Crippen LogP contribution in [0.3, 0.4) is 0 Å². The zero-order valence-electron chi connectivity index (χ0n) is 13.2. The van der Waals surface area contributed by atoms with E-state index in [1.807, 2.05) is 33.1 Å². The third-order valence-electron chi connectivity index (χ3n) is 2.60. The van der Waals surface area contributed by atoms with Gasteiger partial charge in [-0.1, -0.05) is 0 Å². The van der Waals surface area contributed by atoms with Gasteiger partial charge in [-0.05, 0) is 27.7 Å². The minimum absolute atomic E-state index is 0.506. The van der Waals surface area contributed by atoms with Crippen molar-refractivity contribution in [3.63, 3.8) is 0 Å². The lowest BCUT2D eigenvalue weighted by atomic mass is 10.2. The molecule has 7 nitrogen and oxygen atoms in total. The van der Waals surface area contributed by atoms with Gasteiger partial charge in [0, 0.05) is 29.7 Å². The molecule has 0 radical (unpaired) electrons. The summed E-state index contributed by atoms with van der Waals surface area (Å²) in [4.78, 5) is 16.1. The molecule has 2 aromatic heterocycles. The van der Waals surface area contributed by atoms with Gasteiger partial charge < -0.3 is 10.1 Å². The second-order valence-electron chi connectivity index (χ2n) is 5.88. The summed E-state index contributed by atoms with van der Waals surface area (Å²) in [6.45, 7) is 8.67. The topological polar surface area (TPSA) is 91.9 Å². The summed E-state index contributed by atoms with van der Waals surface area (Å²) in [6.07, 6.45) is 1.17. The van der Waals surface area contributed by atoms with Gasteiger partial charge in [-0.15, -0.1) is 11.3 Å². The summed E-state index contributed by atoms with van der Waals surface area (Å²) in [5, 5.41) is 15.7. The SMILES string of the molecule is Cc1csc(CNCc2cn[nH]c2NC(=O)OC(C)(C)C)n1. The lowest BCUT2D eigenvalue weighted by molar-refractivity contribution is 0.0635. The van der Waals surface area contributed by atoms with E-state index in [0.29, 0.717) is 18.9 Å². The molecule has 0 aliphatic heterocycles. The molecule has 0 aromatic carbocycles. The number of hydrogen-bond donors (Lipinski definition) is 3. The molecule has 8 heteroatoms. The average Bonchev–Trinajstić information content (AvgIpc) is 2.97. The van der Waals surface area contributed by atoms with Crippen molar-refractivity contribution in [2.24, 2.45) is 0 Å². The Morgan fingerprint density at radius 3 is 2.82 bits per heavy atom. The lowest BCUT2D eigenvalue weighted by Gasteiger charge is -2.19. The van der Waals surface area contributed by atoms with E-state index in [1.54, 1.807) is 17.5 Å². The maximum atomic E-state index is 11.8. The summed E-state index contributed by atoms with van der Waals surface area (Å²) < 4.78 is 5.22. The first-order chi connectivity index (χ1) is 10.3. The van der Waals surface area contributed by atoms with Crippen molar-refractivity contribution in [3.05, 3.63) is 27.8 Å². The Morgan fingerprint density at radius 2 is 2.18 bits per heavy atom. The molecule has 0 fully saturated rings. The van der Waals surface area contributed by atoms with Crippen LogP contribution in [-0.2, 0) is 17.8 Å². The third-order valence-corrected chi connectivity index (χ3v) is 3.57. The summed E-state index contributed by atoms with van der Waals surface area (Å²) in [5.41, 5.74) is 1.35. The highest BCUT2D eigenvalue weighted by atomic mass is 32.1. The van der Waals surface area contributed by atoms with Gasteiger partial charge in [0.05, 0.1) is 6.20 Å².